The van der Waals surface area contributed by atoms with Gasteiger partial charge in [-0.2, -0.15) is 5.26 Å². The number of amides is 1. The number of rotatable bonds is 3. The number of aliphatic hydroxyl groups excluding tert-OH is 1. The number of nitrogens with one attached hydrogen (secondary N) is 2. The molecule has 29 heavy (non-hydrogen) atoms. The molecule has 9 nitrogen and oxygen atoms in total. The van der Waals surface area contributed by atoms with E-state index in [-0.39, 0.29) is 11.6 Å². The number of ether oxygens (including phenoxy) is 1. The second-order valence-electron chi connectivity index (χ2n) is 7.85. The molecule has 3 N–H and O–H groups in total. The van der Waals surface area contributed by atoms with Crippen LogP contribution < -0.4 is 10.2 Å². The fraction of sp³-hybridized carbons (Fsp3) is 0.500. The van der Waals surface area contributed by atoms with E-state index in [0.717, 1.165) is 0 Å². The summed E-state index contributed by atoms with van der Waals surface area (Å²) in [5.41, 5.74) is -0.800. The Hall–Kier alpha value is -2.96. The molecule has 0 radical (unpaired) electrons. The van der Waals surface area contributed by atoms with Crippen LogP contribution in [0.1, 0.15) is 42.4 Å². The lowest BCUT2D eigenvalue weighted by Crippen LogP contribution is -2.69. The van der Waals surface area contributed by atoms with Gasteiger partial charge in [-0.05, 0) is 38.3 Å². The van der Waals surface area contributed by atoms with Gasteiger partial charge >= 0.3 is 0 Å². The highest BCUT2D eigenvalue weighted by Crippen LogP contribution is 2.40. The number of H-pyrrole nitrogens is 1. The third-order valence-electron chi connectivity index (χ3n) is 6.05. The maximum Gasteiger partial charge on any atom is 0.268 e. The highest BCUT2D eigenvalue weighted by atomic mass is 16.5. The molecule has 4 rings (SSSR count). The molecule has 4 heterocycles. The smallest absolute Gasteiger partial charge is 0.268 e. The van der Waals surface area contributed by atoms with E-state index in [0.29, 0.717) is 50.5 Å². The second-order valence-corrected chi connectivity index (χ2v) is 7.85. The molecule has 0 bridgehead atoms. The van der Waals surface area contributed by atoms with Crippen molar-refractivity contribution in [2.24, 2.45) is 0 Å². The van der Waals surface area contributed by atoms with Crippen LogP contribution in [0.5, 0.6) is 0 Å². The first kappa shape index (κ1) is 19.4. The SMILES string of the molecule is C[C@]1(NC(=O)c2ccc[nH]2)CCOC2(CCN(c3nccnc3C#N)CC2)[C@@H]1O. The average molecular weight is 396 g/mol. The molecular formula is C20H24N6O3. The number of aromatic nitrogens is 3. The highest BCUT2D eigenvalue weighted by Gasteiger charge is 2.54. The fourth-order valence-electron chi connectivity index (χ4n) is 4.35. The molecule has 2 fully saturated rings. The van der Waals surface area contributed by atoms with Gasteiger partial charge in [-0.3, -0.25) is 4.79 Å². The zero-order valence-electron chi connectivity index (χ0n) is 16.3. The third kappa shape index (κ3) is 3.45. The van der Waals surface area contributed by atoms with Gasteiger partial charge in [0.2, 0.25) is 0 Å². The zero-order valence-corrected chi connectivity index (χ0v) is 16.3. The lowest BCUT2D eigenvalue weighted by atomic mass is 9.73. The Morgan fingerprint density at radius 1 is 1.38 bits per heavy atom. The van der Waals surface area contributed by atoms with E-state index >= 15 is 0 Å². The number of carbonyl (C=O) groups is 1. The lowest BCUT2D eigenvalue weighted by Gasteiger charge is -2.53. The van der Waals surface area contributed by atoms with Gasteiger partial charge in [0.25, 0.3) is 5.91 Å². The van der Waals surface area contributed by atoms with Crippen molar-refractivity contribution in [2.75, 3.05) is 24.6 Å². The van der Waals surface area contributed by atoms with Crippen LogP contribution in [-0.2, 0) is 4.74 Å². The maximum absolute atomic E-state index is 12.6. The number of nitriles is 1. The van der Waals surface area contributed by atoms with Crippen molar-refractivity contribution >= 4 is 11.7 Å². The Morgan fingerprint density at radius 2 is 2.14 bits per heavy atom. The number of carbonyl (C=O) groups excluding carboxylic acids is 1. The van der Waals surface area contributed by atoms with Crippen LogP contribution in [0, 0.1) is 11.3 Å². The largest absolute Gasteiger partial charge is 0.388 e. The normalized spacial score (nSPS) is 26.1. The Labute approximate surface area is 168 Å². The molecule has 2 saturated heterocycles. The van der Waals surface area contributed by atoms with E-state index in [4.69, 9.17) is 4.74 Å². The number of aromatic amines is 1. The lowest BCUT2D eigenvalue weighted by molar-refractivity contribution is -0.195. The molecular weight excluding hydrogens is 372 g/mol. The highest BCUT2D eigenvalue weighted by molar-refractivity contribution is 5.92. The van der Waals surface area contributed by atoms with Crippen LogP contribution in [0.15, 0.2) is 30.7 Å². The van der Waals surface area contributed by atoms with Gasteiger partial charge in [0.05, 0.1) is 11.1 Å². The van der Waals surface area contributed by atoms with E-state index < -0.39 is 17.2 Å². The molecule has 2 aromatic heterocycles. The maximum atomic E-state index is 12.6. The van der Waals surface area contributed by atoms with Gasteiger partial charge in [0, 0.05) is 38.3 Å². The van der Waals surface area contributed by atoms with Crippen LogP contribution in [0.3, 0.4) is 0 Å². The number of nitrogens with zero attached hydrogens (tertiary/aromatic N) is 4. The van der Waals surface area contributed by atoms with Crippen molar-refractivity contribution in [2.45, 2.75) is 43.4 Å². The molecule has 2 aromatic rings. The molecule has 1 amide bonds. The van der Waals surface area contributed by atoms with Gasteiger partial charge in [-0.1, -0.05) is 0 Å². The van der Waals surface area contributed by atoms with Crippen molar-refractivity contribution in [3.63, 3.8) is 0 Å². The minimum Gasteiger partial charge on any atom is -0.388 e. The van der Waals surface area contributed by atoms with Crippen LogP contribution >= 0.6 is 0 Å². The van der Waals surface area contributed by atoms with Gasteiger partial charge in [0.15, 0.2) is 11.5 Å². The molecule has 2 atom stereocenters. The Morgan fingerprint density at radius 3 is 2.83 bits per heavy atom. The quantitative estimate of drug-likeness (QED) is 0.706. The van der Waals surface area contributed by atoms with E-state index in [1.54, 1.807) is 24.5 Å². The predicted molar refractivity (Wildman–Crippen MR) is 104 cm³/mol. The van der Waals surface area contributed by atoms with E-state index in [9.17, 15) is 15.2 Å². The first-order valence-electron chi connectivity index (χ1n) is 9.71. The summed E-state index contributed by atoms with van der Waals surface area (Å²) in [7, 11) is 0. The first-order valence-corrected chi connectivity index (χ1v) is 9.71. The fourth-order valence-corrected chi connectivity index (χ4v) is 4.35. The first-order chi connectivity index (χ1) is 14.0. The summed E-state index contributed by atoms with van der Waals surface area (Å²) in [6.07, 6.45) is 5.54. The van der Waals surface area contributed by atoms with Crippen LogP contribution in [0.4, 0.5) is 5.82 Å². The van der Waals surface area contributed by atoms with Gasteiger partial charge in [-0.15, -0.1) is 0 Å². The number of piperidine rings is 1. The summed E-state index contributed by atoms with van der Waals surface area (Å²) in [6, 6.07) is 5.54. The summed E-state index contributed by atoms with van der Waals surface area (Å²) in [4.78, 5) is 25.8. The number of hydrogen-bond acceptors (Lipinski definition) is 7. The van der Waals surface area contributed by atoms with Crippen LogP contribution in [0.25, 0.3) is 0 Å². The Kier molecular flexibility index (Phi) is 4.98. The topological polar surface area (TPSA) is 127 Å². The van der Waals surface area contributed by atoms with Gasteiger partial charge in [-0.25, -0.2) is 9.97 Å². The van der Waals surface area contributed by atoms with Crippen molar-refractivity contribution in [1.82, 2.24) is 20.3 Å². The molecule has 9 heteroatoms. The van der Waals surface area contributed by atoms with Crippen molar-refractivity contribution < 1.29 is 14.6 Å². The zero-order chi connectivity index (χ0) is 20.5. The van der Waals surface area contributed by atoms with Crippen LogP contribution in [-0.4, -0.2) is 62.9 Å². The molecule has 0 aromatic carbocycles. The summed E-state index contributed by atoms with van der Waals surface area (Å²) < 4.78 is 6.09. The van der Waals surface area contributed by atoms with Crippen molar-refractivity contribution in [3.8, 4) is 6.07 Å². The van der Waals surface area contributed by atoms with E-state index in [1.165, 1.54) is 6.20 Å². The molecule has 2 aliphatic rings. The molecule has 0 aliphatic carbocycles. The van der Waals surface area contributed by atoms with E-state index in [2.05, 4.69) is 26.3 Å². The molecule has 0 unspecified atom stereocenters. The number of anilines is 1. The van der Waals surface area contributed by atoms with Crippen molar-refractivity contribution in [3.05, 3.63) is 42.1 Å². The summed E-state index contributed by atoms with van der Waals surface area (Å²) in [5, 5.41) is 23.5. The van der Waals surface area contributed by atoms with Gasteiger partial charge in [0.1, 0.15) is 17.9 Å². The molecule has 2 aliphatic heterocycles. The Bertz CT molecular complexity index is 917. The standard InChI is InChI=1S/C20H24N6O3/c1-19(25-17(27)14-3-2-7-22-14)6-12-29-20(18(19)28)4-10-26(11-5-20)16-15(13-21)23-8-9-24-16/h2-3,7-9,18,22,28H,4-6,10-12H2,1H3,(H,25,27)/t18-,19+/m1/s1. The number of aliphatic hydroxyl groups is 1. The van der Waals surface area contributed by atoms with Crippen molar-refractivity contribution in [1.29, 1.82) is 5.26 Å². The minimum atomic E-state index is -0.859. The molecule has 0 saturated carbocycles. The summed E-state index contributed by atoms with van der Waals surface area (Å²) in [6.45, 7) is 3.47. The number of hydrogen-bond donors (Lipinski definition) is 3. The Balaban J connectivity index is 1.49. The monoisotopic (exact) mass is 396 g/mol. The summed E-state index contributed by atoms with van der Waals surface area (Å²) in [5.74, 6) is 0.308. The summed E-state index contributed by atoms with van der Waals surface area (Å²) >= 11 is 0. The average Bonchev–Trinajstić information content (AvgIpc) is 3.28. The van der Waals surface area contributed by atoms with Crippen LogP contribution in [0.2, 0.25) is 0 Å². The molecule has 1 spiro atoms. The minimum absolute atomic E-state index is 0.246. The second kappa shape index (κ2) is 7.46. The predicted octanol–water partition coefficient (Wildman–Crippen LogP) is 0.985. The van der Waals surface area contributed by atoms with E-state index in [1.807, 2.05) is 11.8 Å². The third-order valence-corrected chi connectivity index (χ3v) is 6.05. The molecule has 152 valence electrons. The van der Waals surface area contributed by atoms with Gasteiger partial charge < -0.3 is 25.0 Å².